The number of carbonyl (C=O) groups excluding carboxylic acids is 1. The van der Waals surface area contributed by atoms with Gasteiger partial charge in [-0.15, -0.1) is 4.72 Å². The van der Waals surface area contributed by atoms with Gasteiger partial charge in [-0.05, 0) is 87.3 Å². The number of hydrogen-bond acceptors (Lipinski definition) is 8. The van der Waals surface area contributed by atoms with Crippen LogP contribution in [0.1, 0.15) is 78.1 Å². The Morgan fingerprint density at radius 1 is 1.20 bits per heavy atom. The molecular formula is C34H39N5O4S. The molecule has 2 atom stereocenters. The van der Waals surface area contributed by atoms with E-state index in [9.17, 15) is 14.5 Å². The number of nitrogens with zero attached hydrogens (tertiary/aromatic N) is 3. The van der Waals surface area contributed by atoms with Gasteiger partial charge in [-0.2, -0.15) is 0 Å². The first-order chi connectivity index (χ1) is 21.2. The molecule has 44 heavy (non-hydrogen) atoms. The van der Waals surface area contributed by atoms with Gasteiger partial charge >= 0.3 is 0 Å². The summed E-state index contributed by atoms with van der Waals surface area (Å²) in [7, 11) is 0. The largest absolute Gasteiger partial charge is 0.598 e. The van der Waals surface area contributed by atoms with E-state index in [-0.39, 0.29) is 35.3 Å². The number of rotatable bonds is 6. The monoisotopic (exact) mass is 613 g/mol. The van der Waals surface area contributed by atoms with Gasteiger partial charge in [0.1, 0.15) is 28.5 Å². The van der Waals surface area contributed by atoms with E-state index >= 15 is 0 Å². The quantitative estimate of drug-likeness (QED) is 0.285. The maximum absolute atomic E-state index is 13.2. The zero-order chi connectivity index (χ0) is 30.9. The van der Waals surface area contributed by atoms with Crippen molar-refractivity contribution in [2.45, 2.75) is 63.9 Å². The highest BCUT2D eigenvalue weighted by Gasteiger charge is 2.50. The number of carbonyl (C=O) groups is 1. The summed E-state index contributed by atoms with van der Waals surface area (Å²) in [5.74, 6) is 7.27. The van der Waals surface area contributed by atoms with Crippen molar-refractivity contribution in [3.05, 3.63) is 82.3 Å². The third kappa shape index (κ3) is 6.15. The number of ether oxygens (including phenoxy) is 1. The maximum Gasteiger partial charge on any atom is 0.251 e. The Labute approximate surface area is 262 Å². The van der Waals surface area contributed by atoms with E-state index in [0.717, 1.165) is 44.3 Å². The lowest BCUT2D eigenvalue weighted by atomic mass is 9.73. The molecule has 2 aliphatic heterocycles. The second-order valence-electron chi connectivity index (χ2n) is 12.8. The fourth-order valence-electron chi connectivity index (χ4n) is 6.48. The van der Waals surface area contributed by atoms with Crippen molar-refractivity contribution >= 4 is 23.1 Å². The van der Waals surface area contributed by atoms with Gasteiger partial charge in [0.15, 0.2) is 5.82 Å². The lowest BCUT2D eigenvalue weighted by Crippen LogP contribution is -2.50. The van der Waals surface area contributed by atoms with E-state index in [1.165, 1.54) is 11.1 Å². The minimum atomic E-state index is -1.19. The van der Waals surface area contributed by atoms with E-state index in [2.05, 4.69) is 61.0 Å². The summed E-state index contributed by atoms with van der Waals surface area (Å²) < 4.78 is 22.1. The molecule has 0 radical (unpaired) electrons. The predicted molar refractivity (Wildman–Crippen MR) is 171 cm³/mol. The van der Waals surface area contributed by atoms with Crippen LogP contribution in [-0.2, 0) is 30.8 Å². The van der Waals surface area contributed by atoms with Crippen LogP contribution < -0.4 is 19.7 Å². The lowest BCUT2D eigenvalue weighted by Gasteiger charge is -2.44. The SMILES string of the molecule is CC(C)(C)[S+]([O-])NC1c2ccccc2CC12CCN(c1ncc(C#CCOc3ccc4c(c3)CCNC4=O)nc1CO)CC2. The van der Waals surface area contributed by atoms with Crippen molar-refractivity contribution in [1.82, 2.24) is 20.0 Å². The Morgan fingerprint density at radius 2 is 2.00 bits per heavy atom. The van der Waals surface area contributed by atoms with Gasteiger partial charge in [-0.25, -0.2) is 9.97 Å². The third-order valence-corrected chi connectivity index (χ3v) is 10.4. The molecule has 2 aromatic carbocycles. The number of aliphatic hydroxyl groups excluding tert-OH is 1. The Balaban J connectivity index is 1.11. The van der Waals surface area contributed by atoms with Crippen LogP contribution in [0.3, 0.4) is 0 Å². The van der Waals surface area contributed by atoms with Gasteiger partial charge < -0.3 is 24.6 Å². The zero-order valence-electron chi connectivity index (χ0n) is 25.5. The first-order valence-electron chi connectivity index (χ1n) is 15.2. The van der Waals surface area contributed by atoms with Gasteiger partial charge in [-0.3, -0.25) is 4.79 Å². The molecule has 3 aliphatic rings. The summed E-state index contributed by atoms with van der Waals surface area (Å²) in [6.45, 7) is 8.07. The van der Waals surface area contributed by atoms with Crippen molar-refractivity contribution < 1.29 is 19.2 Å². The molecule has 1 aromatic heterocycles. The number of fused-ring (bicyclic) bond motifs is 2. The molecule has 0 saturated carbocycles. The summed E-state index contributed by atoms with van der Waals surface area (Å²) >= 11 is -1.19. The van der Waals surface area contributed by atoms with Crippen LogP contribution in [0.15, 0.2) is 48.7 Å². The molecule has 2 unspecified atom stereocenters. The number of piperidine rings is 1. The minimum absolute atomic E-state index is 0.0185. The Bertz CT molecular complexity index is 1600. The number of hydrogen-bond donors (Lipinski definition) is 3. The van der Waals surface area contributed by atoms with Crippen LogP contribution in [0.2, 0.25) is 0 Å². The van der Waals surface area contributed by atoms with Crippen LogP contribution in [0.4, 0.5) is 5.82 Å². The van der Waals surface area contributed by atoms with Crippen molar-refractivity contribution in [3.8, 4) is 17.6 Å². The van der Waals surface area contributed by atoms with Crippen LogP contribution in [0, 0.1) is 17.3 Å². The molecule has 1 aliphatic carbocycles. The van der Waals surface area contributed by atoms with Gasteiger partial charge in [-0.1, -0.05) is 30.2 Å². The Hall–Kier alpha value is -3.62. The van der Waals surface area contributed by atoms with Crippen molar-refractivity contribution in [1.29, 1.82) is 0 Å². The molecule has 1 spiro atoms. The molecule has 3 N–H and O–H groups in total. The fraction of sp³-hybridized carbons (Fsp3) is 0.441. The molecule has 10 heteroatoms. The fourth-order valence-corrected chi connectivity index (χ4v) is 7.43. The zero-order valence-corrected chi connectivity index (χ0v) is 26.3. The normalized spacial score (nSPS) is 19.4. The number of nitrogens with one attached hydrogen (secondary N) is 2. The smallest absolute Gasteiger partial charge is 0.251 e. The van der Waals surface area contributed by atoms with E-state index in [1.807, 2.05) is 26.8 Å². The van der Waals surface area contributed by atoms with Gasteiger partial charge in [0.25, 0.3) is 5.91 Å². The van der Waals surface area contributed by atoms with Crippen LogP contribution in [0.25, 0.3) is 0 Å². The summed E-state index contributed by atoms with van der Waals surface area (Å²) in [6.07, 6.45) is 5.17. The Kier molecular flexibility index (Phi) is 8.57. The van der Waals surface area contributed by atoms with Crippen molar-refractivity contribution in [2.75, 3.05) is 31.1 Å². The molecule has 3 aromatic rings. The van der Waals surface area contributed by atoms with Crippen LogP contribution in [0.5, 0.6) is 5.75 Å². The second-order valence-corrected chi connectivity index (χ2v) is 14.8. The number of amides is 1. The summed E-state index contributed by atoms with van der Waals surface area (Å²) in [4.78, 5) is 23.4. The standard InChI is InChI=1S/C34H39N5O4S/c1-33(2,3)44(42)38-30-27-9-5-4-7-24(27)20-34(30)13-16-39(17-14-34)31-29(22-40)37-25(21-36-31)8-6-18-43-26-10-11-28-23(19-26)12-15-35-32(28)41/h4-5,7,9-11,19,21,30,38,40H,12-18,20,22H2,1-3H3,(H,35,41). The van der Waals surface area contributed by atoms with E-state index in [1.54, 1.807) is 18.3 Å². The van der Waals surface area contributed by atoms with Crippen molar-refractivity contribution in [2.24, 2.45) is 5.41 Å². The van der Waals surface area contributed by atoms with Crippen LogP contribution >= 0.6 is 0 Å². The molecule has 230 valence electrons. The average molecular weight is 614 g/mol. The molecule has 3 heterocycles. The molecule has 1 saturated heterocycles. The highest BCUT2D eigenvalue weighted by atomic mass is 32.2. The maximum atomic E-state index is 13.2. The number of anilines is 1. The summed E-state index contributed by atoms with van der Waals surface area (Å²) in [6, 6.07) is 14.0. The summed E-state index contributed by atoms with van der Waals surface area (Å²) in [5.41, 5.74) is 5.17. The third-order valence-electron chi connectivity index (χ3n) is 8.86. The van der Waals surface area contributed by atoms with Gasteiger partial charge in [0.2, 0.25) is 0 Å². The second kappa shape index (κ2) is 12.4. The first kappa shape index (κ1) is 30.4. The van der Waals surface area contributed by atoms with E-state index in [0.29, 0.717) is 35.1 Å². The summed E-state index contributed by atoms with van der Waals surface area (Å²) in [5, 5.41) is 13.0. The van der Waals surface area contributed by atoms with Crippen molar-refractivity contribution in [3.63, 3.8) is 0 Å². The van der Waals surface area contributed by atoms with E-state index < -0.39 is 11.4 Å². The molecule has 9 nitrogen and oxygen atoms in total. The first-order valence-corrected chi connectivity index (χ1v) is 16.3. The molecule has 0 bridgehead atoms. The minimum Gasteiger partial charge on any atom is -0.598 e. The Morgan fingerprint density at radius 3 is 2.77 bits per heavy atom. The average Bonchev–Trinajstić information content (AvgIpc) is 3.31. The van der Waals surface area contributed by atoms with Gasteiger partial charge in [0.05, 0.1) is 18.8 Å². The highest BCUT2D eigenvalue weighted by Crippen LogP contribution is 2.53. The van der Waals surface area contributed by atoms with E-state index in [4.69, 9.17) is 4.74 Å². The predicted octanol–water partition coefficient (Wildman–Crippen LogP) is 3.62. The molecule has 6 rings (SSSR count). The number of aliphatic hydroxyl groups is 1. The highest BCUT2D eigenvalue weighted by molar-refractivity contribution is 7.90. The number of benzene rings is 2. The van der Waals surface area contributed by atoms with Gasteiger partial charge in [0, 0.05) is 42.0 Å². The molecule has 1 amide bonds. The number of aromatic nitrogens is 2. The molecular weight excluding hydrogens is 574 g/mol. The van der Waals surface area contributed by atoms with Crippen LogP contribution in [-0.4, -0.2) is 56.5 Å². The topological polar surface area (TPSA) is 123 Å². The molecule has 1 fully saturated rings. The lowest BCUT2D eigenvalue weighted by molar-refractivity contribution is 0.0946.